The van der Waals surface area contributed by atoms with Crippen LogP contribution < -0.4 is 15.4 Å². The molecule has 8 nitrogen and oxygen atoms in total. The summed E-state index contributed by atoms with van der Waals surface area (Å²) in [6.07, 6.45) is 0. The molecule has 1 aromatic heterocycles. The van der Waals surface area contributed by atoms with Gasteiger partial charge in [-0.1, -0.05) is 35.0 Å². The van der Waals surface area contributed by atoms with Crippen molar-refractivity contribution in [1.29, 1.82) is 0 Å². The van der Waals surface area contributed by atoms with E-state index in [1.54, 1.807) is 54.1 Å². The summed E-state index contributed by atoms with van der Waals surface area (Å²) in [5.74, 6) is 0.684. The Hall–Kier alpha value is -2.75. The summed E-state index contributed by atoms with van der Waals surface area (Å²) in [5, 5.41) is 15.5. The zero-order chi connectivity index (χ0) is 23.3. The first-order chi connectivity index (χ1) is 15.3. The lowest BCUT2D eigenvalue weighted by atomic mass is 10.2. The highest BCUT2D eigenvalue weighted by Crippen LogP contribution is 2.28. The fraction of sp³-hybridized carbons (Fsp3) is 0.238. The number of hydrogen-bond acceptors (Lipinski definition) is 6. The van der Waals surface area contributed by atoms with E-state index in [9.17, 15) is 9.59 Å². The Kier molecular flexibility index (Phi) is 8.00. The van der Waals surface area contributed by atoms with Crippen LogP contribution in [0, 0.1) is 0 Å². The molecule has 0 spiro atoms. The second kappa shape index (κ2) is 10.7. The molecular weight excluding hydrogens is 473 g/mol. The van der Waals surface area contributed by atoms with E-state index in [2.05, 4.69) is 20.8 Å². The van der Waals surface area contributed by atoms with Crippen LogP contribution in [0.3, 0.4) is 0 Å². The van der Waals surface area contributed by atoms with E-state index >= 15 is 0 Å². The second-order valence-corrected chi connectivity index (χ2v) is 8.60. The molecule has 0 aliphatic heterocycles. The Labute approximate surface area is 199 Å². The number of hydrogen-bond donors (Lipinski definition) is 2. The molecule has 0 radical (unpaired) electrons. The highest BCUT2D eigenvalue weighted by atomic mass is 35.5. The zero-order valence-electron chi connectivity index (χ0n) is 17.6. The van der Waals surface area contributed by atoms with Gasteiger partial charge in [-0.05, 0) is 49.4 Å². The summed E-state index contributed by atoms with van der Waals surface area (Å²) < 4.78 is 6.98. The number of ether oxygens (including phenoxy) is 1. The molecule has 0 saturated heterocycles. The molecule has 0 unspecified atom stereocenters. The number of benzene rings is 2. The van der Waals surface area contributed by atoms with Gasteiger partial charge in [-0.25, -0.2) is 0 Å². The monoisotopic (exact) mass is 493 g/mol. The Morgan fingerprint density at radius 2 is 1.81 bits per heavy atom. The van der Waals surface area contributed by atoms with Crippen molar-refractivity contribution >= 4 is 52.5 Å². The van der Waals surface area contributed by atoms with Crippen LogP contribution in [0.25, 0.3) is 0 Å². The summed E-state index contributed by atoms with van der Waals surface area (Å²) >= 11 is 13.1. The van der Waals surface area contributed by atoms with E-state index < -0.39 is 6.04 Å². The molecule has 11 heteroatoms. The minimum absolute atomic E-state index is 0.104. The van der Waals surface area contributed by atoms with Gasteiger partial charge in [0.25, 0.3) is 5.91 Å². The van der Waals surface area contributed by atoms with Gasteiger partial charge in [0.1, 0.15) is 5.75 Å². The number of thioether (sulfide) groups is 1. The van der Waals surface area contributed by atoms with Crippen molar-refractivity contribution in [3.8, 4) is 5.75 Å². The van der Waals surface area contributed by atoms with E-state index in [1.807, 2.05) is 6.92 Å². The maximum Gasteiger partial charge on any atom is 0.251 e. The third-order valence-corrected chi connectivity index (χ3v) is 5.99. The third-order valence-electron chi connectivity index (χ3n) is 4.48. The highest BCUT2D eigenvalue weighted by Gasteiger charge is 2.19. The average Bonchev–Trinajstić information content (AvgIpc) is 3.13. The predicted octanol–water partition coefficient (Wildman–Crippen LogP) is 4.35. The Morgan fingerprint density at radius 3 is 2.50 bits per heavy atom. The molecule has 0 bridgehead atoms. The van der Waals surface area contributed by atoms with Crippen molar-refractivity contribution in [3.63, 3.8) is 0 Å². The molecule has 0 saturated carbocycles. The van der Waals surface area contributed by atoms with Crippen LogP contribution in [0.1, 0.15) is 29.1 Å². The molecule has 2 amide bonds. The molecule has 1 heterocycles. The number of amides is 2. The van der Waals surface area contributed by atoms with Crippen molar-refractivity contribution in [2.24, 2.45) is 7.05 Å². The molecule has 0 aliphatic carbocycles. The minimum Gasteiger partial charge on any atom is -0.495 e. The summed E-state index contributed by atoms with van der Waals surface area (Å²) in [4.78, 5) is 24.8. The molecule has 2 N–H and O–H groups in total. The quantitative estimate of drug-likeness (QED) is 0.452. The number of carbonyl (C=O) groups is 2. The lowest BCUT2D eigenvalue weighted by Gasteiger charge is -2.14. The van der Waals surface area contributed by atoms with Gasteiger partial charge in [-0.3, -0.25) is 9.59 Å². The van der Waals surface area contributed by atoms with Crippen LogP contribution in [-0.2, 0) is 11.8 Å². The second-order valence-electron chi connectivity index (χ2n) is 6.78. The van der Waals surface area contributed by atoms with Crippen LogP contribution in [0.15, 0.2) is 47.6 Å². The first kappa shape index (κ1) is 23.9. The van der Waals surface area contributed by atoms with Gasteiger partial charge in [0, 0.05) is 22.7 Å². The lowest BCUT2D eigenvalue weighted by Crippen LogP contribution is -2.28. The largest absolute Gasteiger partial charge is 0.495 e. The molecule has 0 aliphatic rings. The summed E-state index contributed by atoms with van der Waals surface area (Å²) in [7, 11) is 3.29. The Balaban J connectivity index is 1.59. The smallest absolute Gasteiger partial charge is 0.251 e. The van der Waals surface area contributed by atoms with Crippen LogP contribution in [0.4, 0.5) is 5.69 Å². The summed E-state index contributed by atoms with van der Waals surface area (Å²) in [6.45, 7) is 1.81. The number of rotatable bonds is 8. The molecule has 168 valence electrons. The Morgan fingerprint density at radius 1 is 1.12 bits per heavy atom. The van der Waals surface area contributed by atoms with Gasteiger partial charge in [0.2, 0.25) is 5.91 Å². The molecule has 3 rings (SSSR count). The van der Waals surface area contributed by atoms with Gasteiger partial charge < -0.3 is 19.9 Å². The summed E-state index contributed by atoms with van der Waals surface area (Å²) in [6, 6.07) is 11.2. The maximum absolute atomic E-state index is 12.4. The SMILES string of the molecule is COc1ccc(Cl)cc1NC(=O)CSc1nnc([C@@H](C)NC(=O)c2ccc(Cl)cc2)n1C. The third kappa shape index (κ3) is 5.93. The van der Waals surface area contributed by atoms with Crippen LogP contribution in [0.5, 0.6) is 5.75 Å². The number of methoxy groups -OCH3 is 1. The van der Waals surface area contributed by atoms with Gasteiger partial charge >= 0.3 is 0 Å². The van der Waals surface area contributed by atoms with Crippen molar-refractivity contribution in [3.05, 3.63) is 63.9 Å². The molecule has 1 atom stereocenters. The minimum atomic E-state index is -0.394. The average molecular weight is 494 g/mol. The lowest BCUT2D eigenvalue weighted by molar-refractivity contribution is -0.113. The van der Waals surface area contributed by atoms with E-state index in [1.165, 1.54) is 18.9 Å². The molecule has 32 heavy (non-hydrogen) atoms. The van der Waals surface area contributed by atoms with E-state index in [0.29, 0.717) is 38.0 Å². The number of anilines is 1. The number of halogens is 2. The first-order valence-corrected chi connectivity index (χ1v) is 11.2. The van der Waals surface area contributed by atoms with Crippen molar-refractivity contribution < 1.29 is 14.3 Å². The van der Waals surface area contributed by atoms with Crippen LogP contribution in [0.2, 0.25) is 10.0 Å². The molecule has 0 fully saturated rings. The number of carbonyl (C=O) groups excluding carboxylic acids is 2. The van der Waals surface area contributed by atoms with Crippen molar-refractivity contribution in [2.75, 3.05) is 18.2 Å². The predicted molar refractivity (Wildman–Crippen MR) is 126 cm³/mol. The highest BCUT2D eigenvalue weighted by molar-refractivity contribution is 7.99. The van der Waals surface area contributed by atoms with Gasteiger partial charge in [0.15, 0.2) is 11.0 Å². The van der Waals surface area contributed by atoms with Gasteiger partial charge in [-0.2, -0.15) is 0 Å². The number of nitrogens with zero attached hydrogens (tertiary/aromatic N) is 3. The Bertz CT molecular complexity index is 1120. The first-order valence-electron chi connectivity index (χ1n) is 9.50. The fourth-order valence-corrected chi connectivity index (χ4v) is 3.89. The van der Waals surface area contributed by atoms with E-state index in [0.717, 1.165) is 0 Å². The standard InChI is InChI=1S/C21H21Cl2N5O3S/c1-12(24-20(30)13-4-6-14(22)7-5-13)19-26-27-21(28(19)2)32-11-18(29)25-16-10-15(23)8-9-17(16)31-3/h4-10,12H,11H2,1-3H3,(H,24,30)(H,25,29)/t12-/m1/s1. The zero-order valence-corrected chi connectivity index (χ0v) is 19.9. The van der Waals surface area contributed by atoms with Crippen molar-refractivity contribution in [1.82, 2.24) is 20.1 Å². The normalized spacial score (nSPS) is 11.7. The van der Waals surface area contributed by atoms with Gasteiger partial charge in [-0.15, -0.1) is 10.2 Å². The van der Waals surface area contributed by atoms with Crippen molar-refractivity contribution in [2.45, 2.75) is 18.1 Å². The topological polar surface area (TPSA) is 98.1 Å². The molecule has 3 aromatic rings. The fourth-order valence-electron chi connectivity index (χ4n) is 2.87. The van der Waals surface area contributed by atoms with Gasteiger partial charge in [0.05, 0.1) is 24.6 Å². The number of nitrogens with one attached hydrogen (secondary N) is 2. The number of aromatic nitrogens is 3. The maximum atomic E-state index is 12.4. The van der Waals surface area contributed by atoms with Crippen LogP contribution >= 0.6 is 35.0 Å². The van der Waals surface area contributed by atoms with E-state index in [-0.39, 0.29) is 17.6 Å². The molecular formula is C21H21Cl2N5O3S. The summed E-state index contributed by atoms with van der Waals surface area (Å²) in [5.41, 5.74) is 0.980. The van der Waals surface area contributed by atoms with Crippen LogP contribution in [-0.4, -0.2) is 39.4 Å². The van der Waals surface area contributed by atoms with E-state index in [4.69, 9.17) is 27.9 Å². The molecule has 2 aromatic carbocycles.